The van der Waals surface area contributed by atoms with Gasteiger partial charge in [-0.3, -0.25) is 9.62 Å². The SMILES string of the molecule is C1CCC(C2CC(N3CCCNCC3)CCCO2)SNC1. The first-order chi connectivity index (χ1) is 10.4. The molecule has 0 aromatic rings. The lowest BCUT2D eigenvalue weighted by Crippen LogP contribution is -2.41. The molecule has 122 valence electrons. The van der Waals surface area contributed by atoms with Crippen LogP contribution in [0.25, 0.3) is 0 Å². The molecule has 21 heavy (non-hydrogen) atoms. The summed E-state index contributed by atoms with van der Waals surface area (Å²) in [5.41, 5.74) is 0. The zero-order valence-electron chi connectivity index (χ0n) is 13.2. The van der Waals surface area contributed by atoms with E-state index in [9.17, 15) is 0 Å². The van der Waals surface area contributed by atoms with E-state index in [1.807, 2.05) is 11.9 Å². The van der Waals surface area contributed by atoms with Gasteiger partial charge in [0, 0.05) is 37.5 Å². The fraction of sp³-hybridized carbons (Fsp3) is 1.00. The number of rotatable bonds is 2. The Bertz CT molecular complexity index is 261. The normalized spacial score (nSPS) is 37.4. The summed E-state index contributed by atoms with van der Waals surface area (Å²) in [5.74, 6) is 0. The third kappa shape index (κ3) is 4.83. The summed E-state index contributed by atoms with van der Waals surface area (Å²) < 4.78 is 9.78. The molecule has 3 aliphatic heterocycles. The van der Waals surface area contributed by atoms with Crippen molar-refractivity contribution >= 4 is 11.9 Å². The van der Waals surface area contributed by atoms with Gasteiger partial charge < -0.3 is 10.1 Å². The van der Waals surface area contributed by atoms with Gasteiger partial charge >= 0.3 is 0 Å². The van der Waals surface area contributed by atoms with Gasteiger partial charge in [0.1, 0.15) is 0 Å². The van der Waals surface area contributed by atoms with E-state index in [0.29, 0.717) is 11.4 Å². The highest BCUT2D eigenvalue weighted by molar-refractivity contribution is 7.98. The molecule has 0 aliphatic carbocycles. The van der Waals surface area contributed by atoms with Crippen molar-refractivity contribution in [2.45, 2.75) is 62.3 Å². The van der Waals surface area contributed by atoms with Gasteiger partial charge in [-0.25, -0.2) is 0 Å². The fourth-order valence-electron chi connectivity index (χ4n) is 3.86. The monoisotopic (exact) mass is 313 g/mol. The van der Waals surface area contributed by atoms with Crippen molar-refractivity contribution in [1.29, 1.82) is 0 Å². The summed E-state index contributed by atoms with van der Waals surface area (Å²) in [6.45, 7) is 6.95. The lowest BCUT2D eigenvalue weighted by Gasteiger charge is -2.33. The Morgan fingerprint density at radius 1 is 0.952 bits per heavy atom. The van der Waals surface area contributed by atoms with E-state index < -0.39 is 0 Å². The summed E-state index contributed by atoms with van der Waals surface area (Å²) in [4.78, 5) is 2.73. The standard InChI is InChI=1S/C16H31N3OS/c1-2-8-18-21-16(6-1)15-13-14(5-3-12-20-15)19-10-4-7-17-9-11-19/h14-18H,1-13H2. The Balaban J connectivity index is 1.59. The number of nitrogens with zero attached hydrogens (tertiary/aromatic N) is 1. The highest BCUT2D eigenvalue weighted by Crippen LogP contribution is 2.30. The van der Waals surface area contributed by atoms with Gasteiger partial charge in [0.2, 0.25) is 0 Å². The lowest BCUT2D eigenvalue weighted by atomic mass is 9.99. The van der Waals surface area contributed by atoms with Gasteiger partial charge in [-0.2, -0.15) is 0 Å². The predicted molar refractivity (Wildman–Crippen MR) is 89.7 cm³/mol. The van der Waals surface area contributed by atoms with E-state index >= 15 is 0 Å². The topological polar surface area (TPSA) is 36.5 Å². The molecule has 0 bridgehead atoms. The summed E-state index contributed by atoms with van der Waals surface area (Å²) >= 11 is 1.95. The van der Waals surface area contributed by atoms with Gasteiger partial charge in [0.05, 0.1) is 6.10 Å². The Labute approximate surface area is 133 Å². The van der Waals surface area contributed by atoms with Gasteiger partial charge in [0.15, 0.2) is 0 Å². The van der Waals surface area contributed by atoms with Gasteiger partial charge in [-0.05, 0) is 51.6 Å². The molecule has 0 saturated carbocycles. The molecule has 0 spiro atoms. The molecule has 3 heterocycles. The van der Waals surface area contributed by atoms with Crippen LogP contribution in [0.2, 0.25) is 0 Å². The number of hydrogen-bond acceptors (Lipinski definition) is 5. The third-order valence-corrected chi connectivity index (χ3v) is 6.29. The maximum absolute atomic E-state index is 6.25. The number of nitrogens with one attached hydrogen (secondary N) is 2. The molecule has 0 amide bonds. The second-order valence-corrected chi connectivity index (χ2v) is 7.76. The minimum Gasteiger partial charge on any atom is -0.377 e. The fourth-order valence-corrected chi connectivity index (χ4v) is 4.96. The molecule has 0 radical (unpaired) electrons. The van der Waals surface area contributed by atoms with E-state index in [4.69, 9.17) is 4.74 Å². The molecule has 3 unspecified atom stereocenters. The van der Waals surface area contributed by atoms with Crippen LogP contribution in [0.1, 0.15) is 44.9 Å². The lowest BCUT2D eigenvalue weighted by molar-refractivity contribution is 0.0448. The predicted octanol–water partition coefficient (Wildman–Crippen LogP) is 2.01. The van der Waals surface area contributed by atoms with E-state index in [1.165, 1.54) is 64.6 Å². The van der Waals surface area contributed by atoms with Crippen LogP contribution in [0.15, 0.2) is 0 Å². The van der Waals surface area contributed by atoms with Crippen LogP contribution >= 0.6 is 11.9 Å². The first-order valence-electron chi connectivity index (χ1n) is 8.88. The molecule has 0 aromatic heterocycles. The zero-order chi connectivity index (χ0) is 14.3. The Morgan fingerprint density at radius 2 is 1.95 bits per heavy atom. The average molecular weight is 314 g/mol. The van der Waals surface area contributed by atoms with Crippen LogP contribution in [0.4, 0.5) is 0 Å². The molecule has 5 heteroatoms. The van der Waals surface area contributed by atoms with Crippen molar-refractivity contribution in [3.8, 4) is 0 Å². The summed E-state index contributed by atoms with van der Waals surface area (Å²) in [7, 11) is 0. The summed E-state index contributed by atoms with van der Waals surface area (Å²) in [5, 5.41) is 4.18. The molecule has 3 rings (SSSR count). The second kappa shape index (κ2) is 8.73. The van der Waals surface area contributed by atoms with Crippen LogP contribution in [0.3, 0.4) is 0 Å². The van der Waals surface area contributed by atoms with Crippen molar-refractivity contribution in [3.63, 3.8) is 0 Å². The molecule has 0 aromatic carbocycles. The molecule has 3 aliphatic rings. The molecule has 3 saturated heterocycles. The van der Waals surface area contributed by atoms with E-state index in [2.05, 4.69) is 14.9 Å². The Hall–Kier alpha value is 0.190. The van der Waals surface area contributed by atoms with Crippen LogP contribution in [0, 0.1) is 0 Å². The minimum atomic E-state index is 0.448. The molecule has 3 atom stereocenters. The van der Waals surface area contributed by atoms with Crippen LogP contribution in [-0.2, 0) is 4.74 Å². The molecular formula is C16H31N3OS. The zero-order valence-corrected chi connectivity index (χ0v) is 14.0. The molecular weight excluding hydrogens is 282 g/mol. The van der Waals surface area contributed by atoms with Crippen LogP contribution < -0.4 is 10.0 Å². The van der Waals surface area contributed by atoms with Crippen LogP contribution in [0.5, 0.6) is 0 Å². The van der Waals surface area contributed by atoms with Gasteiger partial charge in [0.25, 0.3) is 0 Å². The van der Waals surface area contributed by atoms with Crippen molar-refractivity contribution in [3.05, 3.63) is 0 Å². The Kier molecular flexibility index (Phi) is 6.67. The average Bonchev–Trinajstić information content (AvgIpc) is 3.01. The van der Waals surface area contributed by atoms with Gasteiger partial charge in [-0.1, -0.05) is 18.4 Å². The van der Waals surface area contributed by atoms with Crippen molar-refractivity contribution in [1.82, 2.24) is 14.9 Å². The smallest absolute Gasteiger partial charge is 0.0721 e. The van der Waals surface area contributed by atoms with E-state index in [0.717, 1.165) is 25.7 Å². The quantitative estimate of drug-likeness (QED) is 0.763. The van der Waals surface area contributed by atoms with E-state index in [-0.39, 0.29) is 0 Å². The van der Waals surface area contributed by atoms with Crippen molar-refractivity contribution < 1.29 is 4.74 Å². The van der Waals surface area contributed by atoms with Crippen molar-refractivity contribution in [2.75, 3.05) is 39.3 Å². The number of ether oxygens (including phenoxy) is 1. The molecule has 2 N–H and O–H groups in total. The largest absolute Gasteiger partial charge is 0.377 e. The summed E-state index contributed by atoms with van der Waals surface area (Å²) in [6.07, 6.45) is 9.51. The first-order valence-corrected chi connectivity index (χ1v) is 9.76. The maximum Gasteiger partial charge on any atom is 0.0721 e. The first kappa shape index (κ1) is 16.1. The molecule has 3 fully saturated rings. The summed E-state index contributed by atoms with van der Waals surface area (Å²) in [6, 6.07) is 0.737. The number of hydrogen-bond donors (Lipinski definition) is 2. The third-order valence-electron chi connectivity index (χ3n) is 5.08. The highest BCUT2D eigenvalue weighted by atomic mass is 32.2. The Morgan fingerprint density at radius 3 is 2.95 bits per heavy atom. The highest BCUT2D eigenvalue weighted by Gasteiger charge is 2.31. The minimum absolute atomic E-state index is 0.448. The maximum atomic E-state index is 6.25. The second-order valence-electron chi connectivity index (χ2n) is 6.63. The molecule has 4 nitrogen and oxygen atoms in total. The van der Waals surface area contributed by atoms with Gasteiger partial charge in [-0.15, -0.1) is 0 Å². The van der Waals surface area contributed by atoms with Crippen LogP contribution in [-0.4, -0.2) is 61.6 Å². The van der Waals surface area contributed by atoms with Crippen molar-refractivity contribution in [2.24, 2.45) is 0 Å². The van der Waals surface area contributed by atoms with E-state index in [1.54, 1.807) is 0 Å².